The molecule has 2 N–H and O–H groups in total. The first-order valence-electron chi connectivity index (χ1n) is 6.09. The molecule has 0 aliphatic carbocycles. The third-order valence-corrected chi connectivity index (χ3v) is 3.15. The molecule has 0 amide bonds. The van der Waals surface area contributed by atoms with Crippen molar-refractivity contribution >= 4 is 0 Å². The molecule has 114 valence electrons. The summed E-state index contributed by atoms with van der Waals surface area (Å²) < 4.78 is 43.3. The van der Waals surface area contributed by atoms with Gasteiger partial charge in [0, 0.05) is 5.56 Å². The number of aromatic nitrogens is 2. The van der Waals surface area contributed by atoms with Gasteiger partial charge in [-0.3, -0.25) is 0 Å². The topological polar surface area (TPSA) is 71.2 Å². The van der Waals surface area contributed by atoms with Crippen LogP contribution in [0.25, 0.3) is 11.4 Å². The maximum absolute atomic E-state index is 12.8. The number of phenols is 1. The van der Waals surface area contributed by atoms with Crippen LogP contribution in [0.15, 0.2) is 22.7 Å². The van der Waals surface area contributed by atoms with Gasteiger partial charge < -0.3 is 14.9 Å². The smallest absolute Gasteiger partial charge is 0.419 e. The number of hydrogen-bond donors (Lipinski definition) is 2. The summed E-state index contributed by atoms with van der Waals surface area (Å²) in [5, 5.41) is 15.9. The normalized spacial score (nSPS) is 12.7. The quantitative estimate of drug-likeness (QED) is 0.912. The van der Waals surface area contributed by atoms with Crippen molar-refractivity contribution in [1.82, 2.24) is 15.5 Å². The molecule has 0 atom stereocenters. The van der Waals surface area contributed by atoms with Gasteiger partial charge in [-0.05, 0) is 39.1 Å². The monoisotopic (exact) mass is 301 g/mol. The Morgan fingerprint density at radius 2 is 1.90 bits per heavy atom. The third kappa shape index (κ3) is 2.99. The molecule has 0 spiro atoms. The summed E-state index contributed by atoms with van der Waals surface area (Å²) in [5.41, 5.74) is -1.63. The van der Waals surface area contributed by atoms with Gasteiger partial charge in [-0.2, -0.15) is 18.2 Å². The molecule has 2 rings (SSSR count). The van der Waals surface area contributed by atoms with Gasteiger partial charge in [0.25, 0.3) is 0 Å². The van der Waals surface area contributed by atoms with Crippen LogP contribution < -0.4 is 5.32 Å². The van der Waals surface area contributed by atoms with Gasteiger partial charge in [-0.15, -0.1) is 0 Å². The van der Waals surface area contributed by atoms with Crippen LogP contribution in [0.1, 0.15) is 25.3 Å². The molecule has 0 fully saturated rings. The zero-order chi connectivity index (χ0) is 15.8. The first kappa shape index (κ1) is 15.3. The fraction of sp³-hybridized carbons (Fsp3) is 0.385. The maximum Gasteiger partial charge on any atom is 0.419 e. The number of halogens is 3. The Hall–Kier alpha value is -2.09. The first-order chi connectivity index (χ1) is 9.65. The number of phenolic OH excluding ortho intramolecular Hbond substituents is 1. The number of hydrogen-bond acceptors (Lipinski definition) is 5. The van der Waals surface area contributed by atoms with E-state index in [2.05, 4.69) is 15.5 Å². The Morgan fingerprint density at radius 1 is 1.24 bits per heavy atom. The van der Waals surface area contributed by atoms with Crippen LogP contribution in [0, 0.1) is 0 Å². The van der Waals surface area contributed by atoms with Gasteiger partial charge in [0.05, 0.1) is 11.1 Å². The van der Waals surface area contributed by atoms with Crippen LogP contribution in [-0.2, 0) is 11.7 Å². The zero-order valence-electron chi connectivity index (χ0n) is 11.6. The number of nitrogens with zero attached hydrogens (tertiary/aromatic N) is 2. The molecule has 0 saturated heterocycles. The largest absolute Gasteiger partial charge is 0.507 e. The second-order valence-corrected chi connectivity index (χ2v) is 5.03. The van der Waals surface area contributed by atoms with Crippen molar-refractivity contribution in [3.8, 4) is 17.1 Å². The second kappa shape index (κ2) is 5.03. The molecule has 21 heavy (non-hydrogen) atoms. The lowest BCUT2D eigenvalue weighted by atomic mass is 10.1. The Labute approximate surface area is 118 Å². The molecular weight excluding hydrogens is 287 g/mol. The first-order valence-corrected chi connectivity index (χ1v) is 6.09. The van der Waals surface area contributed by atoms with E-state index < -0.39 is 23.0 Å². The lowest BCUT2D eigenvalue weighted by Gasteiger charge is -2.17. The summed E-state index contributed by atoms with van der Waals surface area (Å²) in [4.78, 5) is 4.09. The third-order valence-electron chi connectivity index (χ3n) is 3.15. The zero-order valence-corrected chi connectivity index (χ0v) is 11.6. The molecule has 0 bridgehead atoms. The summed E-state index contributed by atoms with van der Waals surface area (Å²) in [6, 6.07) is 3.04. The van der Waals surface area contributed by atoms with Crippen molar-refractivity contribution in [2.24, 2.45) is 0 Å². The molecule has 2 aromatic rings. The van der Waals surface area contributed by atoms with Gasteiger partial charge in [0.1, 0.15) is 5.75 Å². The van der Waals surface area contributed by atoms with Gasteiger partial charge >= 0.3 is 6.18 Å². The summed E-state index contributed by atoms with van der Waals surface area (Å²) in [6.45, 7) is 3.59. The molecule has 0 aliphatic rings. The van der Waals surface area contributed by atoms with Crippen LogP contribution >= 0.6 is 0 Å². The van der Waals surface area contributed by atoms with Crippen molar-refractivity contribution in [2.75, 3.05) is 7.05 Å². The highest BCUT2D eigenvalue weighted by atomic mass is 19.4. The fourth-order valence-corrected chi connectivity index (χ4v) is 1.60. The van der Waals surface area contributed by atoms with Crippen molar-refractivity contribution in [3.63, 3.8) is 0 Å². The second-order valence-electron chi connectivity index (χ2n) is 5.03. The maximum atomic E-state index is 12.8. The van der Waals surface area contributed by atoms with Crippen LogP contribution in [0.4, 0.5) is 13.2 Å². The minimum Gasteiger partial charge on any atom is -0.507 e. The lowest BCUT2D eigenvalue weighted by Crippen LogP contribution is -2.33. The average Bonchev–Trinajstić information content (AvgIpc) is 2.88. The molecular formula is C13H14F3N3O2. The Morgan fingerprint density at radius 3 is 2.48 bits per heavy atom. The van der Waals surface area contributed by atoms with Crippen LogP contribution in [0.5, 0.6) is 5.75 Å². The van der Waals surface area contributed by atoms with E-state index in [4.69, 9.17) is 4.52 Å². The molecule has 0 unspecified atom stereocenters. The molecule has 0 radical (unpaired) electrons. The van der Waals surface area contributed by atoms with Crippen molar-refractivity contribution in [1.29, 1.82) is 0 Å². The number of aromatic hydroxyl groups is 1. The van der Waals surface area contributed by atoms with Crippen LogP contribution in [0.3, 0.4) is 0 Å². The van der Waals surface area contributed by atoms with E-state index >= 15 is 0 Å². The van der Waals surface area contributed by atoms with E-state index in [9.17, 15) is 18.3 Å². The molecule has 1 heterocycles. The highest BCUT2D eigenvalue weighted by molar-refractivity contribution is 5.58. The Kier molecular flexibility index (Phi) is 3.66. The molecule has 1 aromatic carbocycles. The molecule has 0 aliphatic heterocycles. The van der Waals surface area contributed by atoms with E-state index in [1.54, 1.807) is 20.9 Å². The standard InChI is InChI=1S/C13H14F3N3O2/c1-12(2,17-3)11-18-10(19-21-11)7-4-5-9(20)8(6-7)13(14,15)16/h4-6,17,20H,1-3H3. The van der Waals surface area contributed by atoms with Gasteiger partial charge in [-0.1, -0.05) is 5.16 Å². The predicted molar refractivity (Wildman–Crippen MR) is 68.5 cm³/mol. The number of rotatable bonds is 3. The minimum atomic E-state index is -4.66. The van der Waals surface area contributed by atoms with Crippen molar-refractivity contribution in [2.45, 2.75) is 25.6 Å². The molecule has 1 aromatic heterocycles. The summed E-state index contributed by atoms with van der Waals surface area (Å²) >= 11 is 0. The molecule has 8 heteroatoms. The highest BCUT2D eigenvalue weighted by Gasteiger charge is 2.34. The van der Waals surface area contributed by atoms with E-state index in [1.807, 2.05) is 0 Å². The predicted octanol–water partition coefficient (Wildman–Crippen LogP) is 2.92. The lowest BCUT2D eigenvalue weighted by molar-refractivity contribution is -0.138. The SMILES string of the molecule is CNC(C)(C)c1nc(-c2ccc(O)c(C(F)(F)F)c2)no1. The molecule has 0 saturated carbocycles. The average molecular weight is 301 g/mol. The Balaban J connectivity index is 2.44. The van der Waals surface area contributed by atoms with E-state index in [0.717, 1.165) is 12.1 Å². The fourth-order valence-electron chi connectivity index (χ4n) is 1.60. The van der Waals surface area contributed by atoms with E-state index in [1.165, 1.54) is 6.07 Å². The van der Waals surface area contributed by atoms with Crippen LogP contribution in [-0.4, -0.2) is 22.3 Å². The van der Waals surface area contributed by atoms with E-state index in [0.29, 0.717) is 0 Å². The number of benzene rings is 1. The van der Waals surface area contributed by atoms with Crippen molar-refractivity contribution < 1.29 is 22.8 Å². The summed E-state index contributed by atoms with van der Waals surface area (Å²) in [5.74, 6) is -0.564. The summed E-state index contributed by atoms with van der Waals surface area (Å²) in [7, 11) is 1.70. The number of nitrogens with one attached hydrogen (secondary N) is 1. The van der Waals surface area contributed by atoms with Crippen molar-refractivity contribution in [3.05, 3.63) is 29.7 Å². The Bertz CT molecular complexity index is 650. The van der Waals surface area contributed by atoms with Crippen LogP contribution in [0.2, 0.25) is 0 Å². The summed E-state index contributed by atoms with van der Waals surface area (Å²) in [6.07, 6.45) is -4.66. The minimum absolute atomic E-state index is 0.0267. The van der Waals surface area contributed by atoms with Gasteiger partial charge in [-0.25, -0.2) is 0 Å². The van der Waals surface area contributed by atoms with Gasteiger partial charge in [0.2, 0.25) is 11.7 Å². The van der Waals surface area contributed by atoms with Gasteiger partial charge in [0.15, 0.2) is 0 Å². The highest BCUT2D eigenvalue weighted by Crippen LogP contribution is 2.37. The van der Waals surface area contributed by atoms with E-state index in [-0.39, 0.29) is 17.3 Å². The molecule has 5 nitrogen and oxygen atoms in total. The number of alkyl halides is 3.